The molecule has 3 N–H and O–H groups in total. The molecule has 1 aliphatic carbocycles. The van der Waals surface area contributed by atoms with Crippen LogP contribution < -0.4 is 10.2 Å². The van der Waals surface area contributed by atoms with Gasteiger partial charge in [-0.15, -0.1) is 0 Å². The van der Waals surface area contributed by atoms with Crippen molar-refractivity contribution in [3.63, 3.8) is 0 Å². The molecule has 3 aliphatic rings. The van der Waals surface area contributed by atoms with E-state index in [-0.39, 0.29) is 17.7 Å². The second-order valence-electron chi connectivity index (χ2n) is 9.10. The largest absolute Gasteiger partial charge is 0.387 e. The van der Waals surface area contributed by atoms with E-state index in [4.69, 9.17) is 11.6 Å². The molecule has 10 heteroatoms. The molecule has 2 aliphatic heterocycles. The maximum atomic E-state index is 12.9. The highest BCUT2D eigenvalue weighted by atomic mass is 35.5. The van der Waals surface area contributed by atoms with E-state index in [1.807, 2.05) is 29.2 Å². The smallest absolute Gasteiger partial charge is 0.236 e. The summed E-state index contributed by atoms with van der Waals surface area (Å²) in [7, 11) is 0. The van der Waals surface area contributed by atoms with Crippen molar-refractivity contribution in [3.8, 4) is 0 Å². The molecule has 0 bridgehead atoms. The minimum Gasteiger partial charge on any atom is -0.387 e. The lowest BCUT2D eigenvalue weighted by atomic mass is 10.1. The first kappa shape index (κ1) is 22.9. The minimum atomic E-state index is -0.698. The van der Waals surface area contributed by atoms with E-state index in [0.717, 1.165) is 36.6 Å². The van der Waals surface area contributed by atoms with Gasteiger partial charge in [0.15, 0.2) is 0 Å². The summed E-state index contributed by atoms with van der Waals surface area (Å²) in [5.74, 6) is 0.708. The SMILES string of the molecule is O=C(NC1=CCC(O)C(Cl)=C1)[C@@H]1CCN(CC(=O)N2CCN(c3nc4ccccc4[nH]3)CC2)C1. The third kappa shape index (κ3) is 4.96. The molecule has 2 aromatic rings. The molecule has 1 unspecified atom stereocenters. The van der Waals surface area contributed by atoms with Gasteiger partial charge in [-0.25, -0.2) is 4.98 Å². The standard InChI is InChI=1S/C24H29ClN6O3/c25-18-13-17(5-6-21(18)32)26-23(34)16-7-8-29(14-16)15-22(33)30-9-11-31(12-10-30)24-27-19-3-1-2-4-20(19)28-24/h1-5,13,16,21,32H,6-12,14-15H2,(H,26,34)(H,27,28)/t16-,21?/m1/s1. The Morgan fingerprint density at radius 1 is 1.18 bits per heavy atom. The molecule has 1 aromatic heterocycles. The van der Waals surface area contributed by atoms with Crippen molar-refractivity contribution in [1.29, 1.82) is 0 Å². The Balaban J connectivity index is 1.08. The average Bonchev–Trinajstić information content (AvgIpc) is 3.49. The fraction of sp³-hybridized carbons (Fsp3) is 0.458. The predicted molar refractivity (Wildman–Crippen MR) is 130 cm³/mol. The van der Waals surface area contributed by atoms with Crippen LogP contribution in [-0.2, 0) is 9.59 Å². The third-order valence-corrected chi connectivity index (χ3v) is 7.11. The number of nitrogens with one attached hydrogen (secondary N) is 2. The number of imidazole rings is 1. The van der Waals surface area contributed by atoms with E-state index in [2.05, 4.69) is 25.1 Å². The minimum absolute atomic E-state index is 0.0715. The highest BCUT2D eigenvalue weighted by Gasteiger charge is 2.31. The first-order valence-corrected chi connectivity index (χ1v) is 12.1. The lowest BCUT2D eigenvalue weighted by molar-refractivity contribution is -0.133. The number of hydrogen-bond acceptors (Lipinski definition) is 6. The van der Waals surface area contributed by atoms with Crippen LogP contribution in [0.5, 0.6) is 0 Å². The molecule has 2 atom stereocenters. The molecule has 2 saturated heterocycles. The number of aromatic amines is 1. The normalized spacial score (nSPS) is 23.7. The summed E-state index contributed by atoms with van der Waals surface area (Å²) < 4.78 is 0. The molecule has 1 aromatic carbocycles. The van der Waals surface area contributed by atoms with Gasteiger partial charge in [0.2, 0.25) is 17.8 Å². The first-order chi connectivity index (χ1) is 16.5. The van der Waals surface area contributed by atoms with Crippen LogP contribution in [0.25, 0.3) is 11.0 Å². The number of aliphatic hydroxyl groups excluding tert-OH is 1. The summed E-state index contributed by atoms with van der Waals surface area (Å²) in [6.45, 7) is 4.38. The number of halogens is 1. The molecule has 2 fully saturated rings. The second-order valence-corrected chi connectivity index (χ2v) is 9.53. The zero-order chi connectivity index (χ0) is 23.7. The number of benzene rings is 1. The van der Waals surface area contributed by atoms with Crippen LogP contribution in [0.3, 0.4) is 0 Å². The van der Waals surface area contributed by atoms with Crippen LogP contribution in [0.4, 0.5) is 5.95 Å². The molecular weight excluding hydrogens is 456 g/mol. The van der Waals surface area contributed by atoms with Crippen molar-refractivity contribution in [2.24, 2.45) is 5.92 Å². The van der Waals surface area contributed by atoms with Crippen molar-refractivity contribution in [3.05, 3.63) is 47.1 Å². The van der Waals surface area contributed by atoms with Crippen molar-refractivity contribution >= 4 is 40.4 Å². The predicted octanol–water partition coefficient (Wildman–Crippen LogP) is 1.42. The second kappa shape index (κ2) is 9.77. The average molecular weight is 485 g/mol. The Hall–Kier alpha value is -2.88. The van der Waals surface area contributed by atoms with Gasteiger partial charge >= 0.3 is 0 Å². The zero-order valence-corrected chi connectivity index (χ0v) is 19.7. The van der Waals surface area contributed by atoms with Gasteiger partial charge in [-0.2, -0.15) is 0 Å². The number of carbonyl (C=O) groups excluding carboxylic acids is 2. The molecule has 0 saturated carbocycles. The summed E-state index contributed by atoms with van der Waals surface area (Å²) in [4.78, 5) is 39.7. The molecule has 34 heavy (non-hydrogen) atoms. The number of hydrogen-bond donors (Lipinski definition) is 3. The van der Waals surface area contributed by atoms with Gasteiger partial charge in [0, 0.05) is 43.5 Å². The van der Waals surface area contributed by atoms with Crippen LogP contribution in [0.1, 0.15) is 12.8 Å². The fourth-order valence-corrected chi connectivity index (χ4v) is 4.93. The number of nitrogens with zero attached hydrogens (tertiary/aromatic N) is 4. The van der Waals surface area contributed by atoms with E-state index in [9.17, 15) is 14.7 Å². The van der Waals surface area contributed by atoms with E-state index in [1.165, 1.54) is 0 Å². The van der Waals surface area contributed by atoms with Crippen molar-refractivity contribution in [2.45, 2.75) is 18.9 Å². The number of aromatic nitrogens is 2. The fourth-order valence-electron chi connectivity index (χ4n) is 4.72. The quantitative estimate of drug-likeness (QED) is 0.593. The van der Waals surface area contributed by atoms with Gasteiger partial charge in [-0.1, -0.05) is 29.8 Å². The topological polar surface area (TPSA) is 105 Å². The summed E-state index contributed by atoms with van der Waals surface area (Å²) >= 11 is 5.98. The Morgan fingerprint density at radius 3 is 2.74 bits per heavy atom. The molecule has 5 rings (SSSR count). The van der Waals surface area contributed by atoms with Crippen molar-refractivity contribution in [1.82, 2.24) is 25.1 Å². The third-order valence-electron chi connectivity index (χ3n) is 6.75. The number of piperazine rings is 1. The number of likely N-dealkylation sites (tertiary alicyclic amines) is 1. The number of rotatable bonds is 5. The number of fused-ring (bicyclic) bond motifs is 1. The van der Waals surface area contributed by atoms with Crippen LogP contribution in [0.2, 0.25) is 0 Å². The number of H-pyrrole nitrogens is 1. The lowest BCUT2D eigenvalue weighted by Crippen LogP contribution is -2.51. The molecular formula is C24H29ClN6O3. The number of allylic oxidation sites excluding steroid dienone is 1. The Bertz CT molecular complexity index is 1100. The number of aliphatic hydroxyl groups is 1. The van der Waals surface area contributed by atoms with E-state index in [1.54, 1.807) is 12.2 Å². The highest BCUT2D eigenvalue weighted by Crippen LogP contribution is 2.22. The van der Waals surface area contributed by atoms with Gasteiger partial charge in [0.05, 0.1) is 29.6 Å². The molecule has 0 radical (unpaired) electrons. The molecule has 9 nitrogen and oxygen atoms in total. The van der Waals surface area contributed by atoms with Gasteiger partial charge < -0.3 is 25.2 Å². The van der Waals surface area contributed by atoms with Crippen molar-refractivity contribution < 1.29 is 14.7 Å². The Kier molecular flexibility index (Phi) is 6.58. The summed E-state index contributed by atoms with van der Waals surface area (Å²) in [6.07, 6.45) is 3.77. The zero-order valence-electron chi connectivity index (χ0n) is 18.9. The summed E-state index contributed by atoms with van der Waals surface area (Å²) in [5.41, 5.74) is 2.58. The van der Waals surface area contributed by atoms with Crippen LogP contribution in [0, 0.1) is 5.92 Å². The monoisotopic (exact) mass is 484 g/mol. The Morgan fingerprint density at radius 2 is 1.97 bits per heavy atom. The van der Waals surface area contributed by atoms with Crippen LogP contribution in [0.15, 0.2) is 47.1 Å². The number of para-hydroxylation sites is 2. The molecule has 3 heterocycles. The molecule has 2 amide bonds. The van der Waals surface area contributed by atoms with Gasteiger partial charge in [-0.05, 0) is 37.6 Å². The number of amides is 2. The highest BCUT2D eigenvalue weighted by molar-refractivity contribution is 6.30. The maximum absolute atomic E-state index is 12.9. The van der Waals surface area contributed by atoms with Crippen LogP contribution in [-0.4, -0.2) is 88.6 Å². The van der Waals surface area contributed by atoms with E-state index < -0.39 is 6.10 Å². The van der Waals surface area contributed by atoms with Crippen LogP contribution >= 0.6 is 11.6 Å². The maximum Gasteiger partial charge on any atom is 0.236 e. The van der Waals surface area contributed by atoms with E-state index >= 15 is 0 Å². The summed E-state index contributed by atoms with van der Waals surface area (Å²) in [6, 6.07) is 7.96. The van der Waals surface area contributed by atoms with Crippen molar-refractivity contribution in [2.75, 3.05) is 50.7 Å². The molecule has 180 valence electrons. The molecule has 0 spiro atoms. The van der Waals surface area contributed by atoms with E-state index in [0.29, 0.717) is 49.7 Å². The first-order valence-electron chi connectivity index (χ1n) is 11.7. The van der Waals surface area contributed by atoms with Gasteiger partial charge in [0.25, 0.3) is 0 Å². The Labute approximate surface area is 203 Å². The van der Waals surface area contributed by atoms with Gasteiger partial charge in [0.1, 0.15) is 0 Å². The number of carbonyl (C=O) groups is 2. The lowest BCUT2D eigenvalue weighted by Gasteiger charge is -2.35. The number of anilines is 1. The summed E-state index contributed by atoms with van der Waals surface area (Å²) in [5, 5.41) is 12.9. The van der Waals surface area contributed by atoms with Gasteiger partial charge in [-0.3, -0.25) is 14.5 Å².